The van der Waals surface area contributed by atoms with E-state index < -0.39 is 4.92 Å². The highest BCUT2D eigenvalue weighted by Gasteiger charge is 2.12. The number of nitrogens with zero attached hydrogens (tertiary/aromatic N) is 1. The van der Waals surface area contributed by atoms with Gasteiger partial charge in [-0.3, -0.25) is 0 Å². The van der Waals surface area contributed by atoms with Crippen LogP contribution in [0.2, 0.25) is 0 Å². The molecule has 0 aromatic carbocycles. The predicted octanol–water partition coefficient (Wildman–Crippen LogP) is -0.361. The molecular formula is C3H4N2O3. The van der Waals surface area contributed by atoms with Crippen LogP contribution in [0.4, 0.5) is 0 Å². The second-order valence-electron chi connectivity index (χ2n) is 1.25. The van der Waals surface area contributed by atoms with Gasteiger partial charge in [-0.05, 0) is 4.92 Å². The van der Waals surface area contributed by atoms with Crippen LogP contribution >= 0.6 is 0 Å². The van der Waals surface area contributed by atoms with E-state index in [9.17, 15) is 10.1 Å². The van der Waals surface area contributed by atoms with Crippen molar-refractivity contribution in [1.82, 2.24) is 5.32 Å². The van der Waals surface area contributed by atoms with E-state index in [-0.39, 0.29) is 12.6 Å². The van der Waals surface area contributed by atoms with Crippen molar-refractivity contribution in [3.63, 3.8) is 0 Å². The van der Waals surface area contributed by atoms with E-state index in [1.54, 1.807) is 0 Å². The summed E-state index contributed by atoms with van der Waals surface area (Å²) in [5, 5.41) is 12.2. The Kier molecular flexibility index (Phi) is 1.03. The second kappa shape index (κ2) is 1.69. The molecule has 0 fully saturated rings. The van der Waals surface area contributed by atoms with Crippen molar-refractivity contribution in [3.05, 3.63) is 22.2 Å². The van der Waals surface area contributed by atoms with Gasteiger partial charge in [0.2, 0.25) is 6.73 Å². The second-order valence-corrected chi connectivity index (χ2v) is 1.25. The van der Waals surface area contributed by atoms with Crippen LogP contribution in [0.25, 0.3) is 0 Å². The van der Waals surface area contributed by atoms with Crippen molar-refractivity contribution in [2.75, 3.05) is 6.73 Å². The van der Waals surface area contributed by atoms with Crippen molar-refractivity contribution in [2.24, 2.45) is 0 Å². The van der Waals surface area contributed by atoms with E-state index in [0.717, 1.165) is 6.26 Å². The third-order valence-corrected chi connectivity index (χ3v) is 0.728. The molecule has 0 amide bonds. The van der Waals surface area contributed by atoms with Crippen molar-refractivity contribution in [2.45, 2.75) is 0 Å². The standard InChI is InChI=1S/C3H4N2O3/c6-5(7)3-1-8-2-4-3/h1,4H,2H2. The van der Waals surface area contributed by atoms with Gasteiger partial charge in [-0.15, -0.1) is 0 Å². The third-order valence-electron chi connectivity index (χ3n) is 0.728. The van der Waals surface area contributed by atoms with Crippen molar-refractivity contribution >= 4 is 0 Å². The van der Waals surface area contributed by atoms with Gasteiger partial charge in [-0.1, -0.05) is 0 Å². The Balaban J connectivity index is 2.57. The van der Waals surface area contributed by atoms with Crippen LogP contribution in [0, 0.1) is 10.1 Å². The molecule has 0 unspecified atom stereocenters. The zero-order chi connectivity index (χ0) is 5.98. The minimum absolute atomic E-state index is 0.0787. The highest BCUT2D eigenvalue weighted by molar-refractivity contribution is 4.85. The Morgan fingerprint density at radius 2 is 2.75 bits per heavy atom. The Hall–Kier alpha value is -1.26. The molecule has 1 aliphatic rings. The summed E-state index contributed by atoms with van der Waals surface area (Å²) in [5.74, 6) is -0.0787. The summed E-state index contributed by atoms with van der Waals surface area (Å²) in [5.41, 5.74) is 0. The maximum absolute atomic E-state index is 9.80. The van der Waals surface area contributed by atoms with Gasteiger partial charge in [0, 0.05) is 0 Å². The van der Waals surface area contributed by atoms with Crippen LogP contribution < -0.4 is 5.32 Å². The molecule has 1 rings (SSSR count). The zero-order valence-electron chi connectivity index (χ0n) is 3.96. The molecule has 1 N–H and O–H groups in total. The Morgan fingerprint density at radius 3 is 3.00 bits per heavy atom. The minimum Gasteiger partial charge on any atom is -0.454 e. The van der Waals surface area contributed by atoms with Gasteiger partial charge < -0.3 is 14.9 Å². The fourth-order valence-electron chi connectivity index (χ4n) is 0.385. The average Bonchev–Trinajstić information content (AvgIpc) is 2.12. The molecule has 0 radical (unpaired) electrons. The SMILES string of the molecule is O=[N+]([O-])C1=COCN1. The summed E-state index contributed by atoms with van der Waals surface area (Å²) in [6.07, 6.45) is 1.08. The summed E-state index contributed by atoms with van der Waals surface area (Å²) in [6, 6.07) is 0. The molecule has 0 aromatic heterocycles. The molecule has 0 aromatic rings. The molecule has 1 heterocycles. The lowest BCUT2D eigenvalue weighted by Crippen LogP contribution is -2.14. The normalized spacial score (nSPS) is 16.2. The summed E-state index contributed by atoms with van der Waals surface area (Å²) >= 11 is 0. The van der Waals surface area contributed by atoms with Crippen molar-refractivity contribution in [1.29, 1.82) is 0 Å². The molecule has 0 bridgehead atoms. The van der Waals surface area contributed by atoms with Gasteiger partial charge in [0.15, 0.2) is 6.26 Å². The van der Waals surface area contributed by atoms with E-state index in [4.69, 9.17) is 0 Å². The third kappa shape index (κ3) is 0.699. The minimum atomic E-state index is -0.535. The smallest absolute Gasteiger partial charge is 0.353 e. The number of nitrogens with one attached hydrogen (secondary N) is 1. The van der Waals surface area contributed by atoms with Crippen molar-refractivity contribution in [3.8, 4) is 0 Å². The highest BCUT2D eigenvalue weighted by Crippen LogP contribution is 1.96. The quantitative estimate of drug-likeness (QED) is 0.375. The zero-order valence-corrected chi connectivity index (χ0v) is 3.96. The number of ether oxygens (including phenoxy) is 1. The lowest BCUT2D eigenvalue weighted by Gasteiger charge is -1.89. The van der Waals surface area contributed by atoms with Gasteiger partial charge in [0.05, 0.1) is 0 Å². The number of rotatable bonds is 1. The van der Waals surface area contributed by atoms with Crippen LogP contribution in [0.1, 0.15) is 0 Å². The molecular weight excluding hydrogens is 112 g/mol. The van der Waals surface area contributed by atoms with Gasteiger partial charge >= 0.3 is 5.82 Å². The van der Waals surface area contributed by atoms with Crippen LogP contribution in [0.3, 0.4) is 0 Å². The summed E-state index contributed by atoms with van der Waals surface area (Å²) < 4.78 is 4.50. The summed E-state index contributed by atoms with van der Waals surface area (Å²) in [4.78, 5) is 9.26. The maximum Gasteiger partial charge on any atom is 0.353 e. The maximum atomic E-state index is 9.80. The Morgan fingerprint density at radius 1 is 2.00 bits per heavy atom. The van der Waals surface area contributed by atoms with E-state index >= 15 is 0 Å². The molecule has 44 valence electrons. The van der Waals surface area contributed by atoms with Crippen LogP contribution in [0.15, 0.2) is 12.1 Å². The Labute approximate surface area is 45.1 Å². The first-order valence-electron chi connectivity index (χ1n) is 2.01. The van der Waals surface area contributed by atoms with E-state index in [0.29, 0.717) is 0 Å². The fourth-order valence-corrected chi connectivity index (χ4v) is 0.385. The molecule has 5 nitrogen and oxygen atoms in total. The molecule has 5 heteroatoms. The largest absolute Gasteiger partial charge is 0.454 e. The topological polar surface area (TPSA) is 64.4 Å². The first-order valence-corrected chi connectivity index (χ1v) is 2.01. The van der Waals surface area contributed by atoms with Crippen molar-refractivity contribution < 1.29 is 9.66 Å². The monoisotopic (exact) mass is 116 g/mol. The van der Waals surface area contributed by atoms with Gasteiger partial charge in [0.1, 0.15) is 0 Å². The molecule has 0 saturated heterocycles. The van der Waals surface area contributed by atoms with E-state index in [1.165, 1.54) is 0 Å². The summed E-state index contributed by atoms with van der Waals surface area (Å²) in [7, 11) is 0. The molecule has 1 aliphatic heterocycles. The predicted molar refractivity (Wildman–Crippen MR) is 24.2 cm³/mol. The first kappa shape index (κ1) is 4.89. The Bertz CT molecular complexity index is 141. The van der Waals surface area contributed by atoms with Crippen LogP contribution in [0.5, 0.6) is 0 Å². The lowest BCUT2D eigenvalue weighted by atomic mass is 10.8. The van der Waals surface area contributed by atoms with Gasteiger partial charge in [-0.25, -0.2) is 5.32 Å². The molecule has 0 spiro atoms. The highest BCUT2D eigenvalue weighted by atomic mass is 16.6. The number of hydrogen-bond donors (Lipinski definition) is 1. The lowest BCUT2D eigenvalue weighted by molar-refractivity contribution is -0.430. The molecule has 0 atom stereocenters. The average molecular weight is 116 g/mol. The van der Waals surface area contributed by atoms with Gasteiger partial charge in [0.25, 0.3) is 0 Å². The number of nitro groups is 1. The molecule has 8 heavy (non-hydrogen) atoms. The van der Waals surface area contributed by atoms with Crippen LogP contribution in [-0.4, -0.2) is 11.7 Å². The first-order chi connectivity index (χ1) is 3.80. The molecule has 0 saturated carbocycles. The fraction of sp³-hybridized carbons (Fsp3) is 0.333. The van der Waals surface area contributed by atoms with E-state index in [2.05, 4.69) is 10.1 Å². The van der Waals surface area contributed by atoms with Crippen LogP contribution in [-0.2, 0) is 4.74 Å². The summed E-state index contributed by atoms with van der Waals surface area (Å²) in [6.45, 7) is 0.205. The van der Waals surface area contributed by atoms with E-state index in [1.807, 2.05) is 0 Å². The number of hydrogen-bond acceptors (Lipinski definition) is 4. The van der Waals surface area contributed by atoms with Gasteiger partial charge in [-0.2, -0.15) is 0 Å². The molecule has 0 aliphatic carbocycles.